The number of pyridine rings is 1. The maximum atomic E-state index is 11.4. The minimum atomic E-state index is -0.413. The van der Waals surface area contributed by atoms with Crippen molar-refractivity contribution >= 4 is 5.97 Å². The third-order valence-corrected chi connectivity index (χ3v) is 1.84. The van der Waals surface area contributed by atoms with Gasteiger partial charge < -0.3 is 9.47 Å². The van der Waals surface area contributed by atoms with Gasteiger partial charge in [0, 0.05) is 11.8 Å². The summed E-state index contributed by atoms with van der Waals surface area (Å²) >= 11 is 0. The molecule has 0 aromatic carbocycles. The topological polar surface area (TPSA) is 48.4 Å². The molecule has 0 spiro atoms. The summed E-state index contributed by atoms with van der Waals surface area (Å²) in [7, 11) is 1.55. The van der Waals surface area contributed by atoms with Gasteiger partial charge in [0.05, 0.1) is 13.7 Å². The highest BCUT2D eigenvalue weighted by atomic mass is 16.5. The molecule has 4 nitrogen and oxygen atoms in total. The minimum absolute atomic E-state index is 0.311. The summed E-state index contributed by atoms with van der Waals surface area (Å²) in [6.07, 6.45) is 1.53. The predicted octanol–water partition coefficient (Wildman–Crippen LogP) is 1.58. The Morgan fingerprint density at radius 1 is 1.57 bits per heavy atom. The van der Waals surface area contributed by atoms with Crippen LogP contribution in [0.25, 0.3) is 0 Å². The first kappa shape index (κ1) is 10.5. The summed E-state index contributed by atoms with van der Waals surface area (Å²) in [5, 5.41) is 0. The number of nitrogens with zero attached hydrogens (tertiary/aromatic N) is 1. The Hall–Kier alpha value is -1.58. The van der Waals surface area contributed by atoms with E-state index in [1.165, 1.54) is 6.20 Å². The molecule has 0 aliphatic heterocycles. The second-order valence-electron chi connectivity index (χ2n) is 2.71. The molecule has 0 saturated heterocycles. The van der Waals surface area contributed by atoms with Crippen LogP contribution in [-0.4, -0.2) is 24.7 Å². The van der Waals surface area contributed by atoms with Gasteiger partial charge in [0.2, 0.25) is 0 Å². The first-order valence-electron chi connectivity index (χ1n) is 4.37. The normalized spacial score (nSPS) is 9.64. The SMILES string of the molecule is CCOC(=O)c1nccc(OC)c1C. The van der Waals surface area contributed by atoms with E-state index in [1.807, 2.05) is 0 Å². The molecule has 1 aromatic rings. The van der Waals surface area contributed by atoms with E-state index < -0.39 is 5.97 Å². The molecule has 14 heavy (non-hydrogen) atoms. The molecule has 1 heterocycles. The van der Waals surface area contributed by atoms with Gasteiger partial charge in [0.25, 0.3) is 0 Å². The summed E-state index contributed by atoms with van der Waals surface area (Å²) in [5.41, 5.74) is 1.01. The second kappa shape index (κ2) is 4.60. The van der Waals surface area contributed by atoms with Gasteiger partial charge in [0.1, 0.15) is 5.75 Å². The van der Waals surface area contributed by atoms with Crippen LogP contribution in [0.4, 0.5) is 0 Å². The molecule has 0 bridgehead atoms. The van der Waals surface area contributed by atoms with Gasteiger partial charge >= 0.3 is 5.97 Å². The molecule has 0 saturated carbocycles. The number of esters is 1. The van der Waals surface area contributed by atoms with Crippen LogP contribution in [0, 0.1) is 6.92 Å². The Kier molecular flexibility index (Phi) is 3.45. The fourth-order valence-electron chi connectivity index (χ4n) is 1.14. The smallest absolute Gasteiger partial charge is 0.357 e. The van der Waals surface area contributed by atoms with E-state index in [-0.39, 0.29) is 0 Å². The predicted molar refractivity (Wildman–Crippen MR) is 51.5 cm³/mol. The Morgan fingerprint density at radius 3 is 2.86 bits per heavy atom. The van der Waals surface area contributed by atoms with Crippen LogP contribution in [0.5, 0.6) is 5.75 Å². The standard InChI is InChI=1S/C10H13NO3/c1-4-14-10(12)9-7(2)8(13-3)5-6-11-9/h5-6H,4H2,1-3H3. The van der Waals surface area contributed by atoms with Crippen molar-refractivity contribution in [1.82, 2.24) is 4.98 Å². The number of carbonyl (C=O) groups is 1. The molecular weight excluding hydrogens is 182 g/mol. The van der Waals surface area contributed by atoms with E-state index in [4.69, 9.17) is 9.47 Å². The lowest BCUT2D eigenvalue weighted by Crippen LogP contribution is -2.09. The molecule has 0 aliphatic rings. The third kappa shape index (κ3) is 2.02. The van der Waals surface area contributed by atoms with Crippen molar-refractivity contribution in [1.29, 1.82) is 0 Å². The lowest BCUT2D eigenvalue weighted by Gasteiger charge is -2.07. The molecule has 0 aliphatic carbocycles. The average molecular weight is 195 g/mol. The molecule has 76 valence electrons. The van der Waals surface area contributed by atoms with Gasteiger partial charge in [0.15, 0.2) is 5.69 Å². The largest absolute Gasteiger partial charge is 0.496 e. The van der Waals surface area contributed by atoms with Gasteiger partial charge in [-0.2, -0.15) is 0 Å². The lowest BCUT2D eigenvalue weighted by molar-refractivity contribution is 0.0518. The van der Waals surface area contributed by atoms with Crippen LogP contribution in [0.3, 0.4) is 0 Å². The summed E-state index contributed by atoms with van der Waals surface area (Å²) in [4.78, 5) is 15.3. The number of methoxy groups -OCH3 is 1. The van der Waals surface area contributed by atoms with Crippen LogP contribution in [-0.2, 0) is 4.74 Å². The third-order valence-electron chi connectivity index (χ3n) is 1.84. The summed E-state index contributed by atoms with van der Waals surface area (Å²) in [5.74, 6) is 0.229. The van der Waals surface area contributed by atoms with Crippen molar-refractivity contribution < 1.29 is 14.3 Å². The van der Waals surface area contributed by atoms with Crippen LogP contribution in [0.1, 0.15) is 23.0 Å². The Labute approximate surface area is 82.9 Å². The van der Waals surface area contributed by atoms with Gasteiger partial charge in [-0.25, -0.2) is 9.78 Å². The van der Waals surface area contributed by atoms with Crippen LogP contribution in [0.15, 0.2) is 12.3 Å². The van der Waals surface area contributed by atoms with Crippen molar-refractivity contribution in [2.45, 2.75) is 13.8 Å². The number of hydrogen-bond acceptors (Lipinski definition) is 4. The molecule has 0 amide bonds. The van der Waals surface area contributed by atoms with Crippen molar-refractivity contribution in [3.05, 3.63) is 23.5 Å². The van der Waals surface area contributed by atoms with E-state index in [1.54, 1.807) is 27.0 Å². The van der Waals surface area contributed by atoms with E-state index in [0.29, 0.717) is 23.6 Å². The van der Waals surface area contributed by atoms with Crippen LogP contribution < -0.4 is 4.74 Å². The van der Waals surface area contributed by atoms with E-state index in [9.17, 15) is 4.79 Å². The summed E-state index contributed by atoms with van der Waals surface area (Å²) in [6.45, 7) is 3.88. The number of hydrogen-bond donors (Lipinski definition) is 0. The van der Waals surface area contributed by atoms with Gasteiger partial charge in [-0.15, -0.1) is 0 Å². The van der Waals surface area contributed by atoms with Crippen LogP contribution in [0.2, 0.25) is 0 Å². The maximum Gasteiger partial charge on any atom is 0.357 e. The van der Waals surface area contributed by atoms with Gasteiger partial charge in [-0.05, 0) is 19.9 Å². The molecule has 0 atom stereocenters. The first-order valence-corrected chi connectivity index (χ1v) is 4.37. The zero-order valence-corrected chi connectivity index (χ0v) is 8.53. The lowest BCUT2D eigenvalue weighted by atomic mass is 10.2. The Balaban J connectivity index is 3.03. The highest BCUT2D eigenvalue weighted by Gasteiger charge is 2.14. The maximum absolute atomic E-state index is 11.4. The number of ether oxygens (including phenoxy) is 2. The fraction of sp³-hybridized carbons (Fsp3) is 0.400. The molecule has 0 radical (unpaired) electrons. The number of aromatic nitrogens is 1. The molecule has 1 rings (SSSR count). The Morgan fingerprint density at radius 2 is 2.29 bits per heavy atom. The minimum Gasteiger partial charge on any atom is -0.496 e. The summed E-state index contributed by atoms with van der Waals surface area (Å²) < 4.78 is 9.92. The van der Waals surface area contributed by atoms with Crippen molar-refractivity contribution in [3.8, 4) is 5.75 Å². The Bertz CT molecular complexity index is 336. The van der Waals surface area contributed by atoms with Crippen molar-refractivity contribution in [2.75, 3.05) is 13.7 Å². The monoisotopic (exact) mass is 195 g/mol. The number of rotatable bonds is 3. The zero-order chi connectivity index (χ0) is 10.6. The highest BCUT2D eigenvalue weighted by molar-refractivity contribution is 5.89. The second-order valence-corrected chi connectivity index (χ2v) is 2.71. The molecule has 0 fully saturated rings. The van der Waals surface area contributed by atoms with Crippen molar-refractivity contribution in [3.63, 3.8) is 0 Å². The summed E-state index contributed by atoms with van der Waals surface area (Å²) in [6, 6.07) is 1.71. The van der Waals surface area contributed by atoms with Crippen molar-refractivity contribution in [2.24, 2.45) is 0 Å². The molecule has 4 heteroatoms. The molecular formula is C10H13NO3. The van der Waals surface area contributed by atoms with E-state index >= 15 is 0 Å². The highest BCUT2D eigenvalue weighted by Crippen LogP contribution is 2.19. The van der Waals surface area contributed by atoms with E-state index in [2.05, 4.69) is 4.98 Å². The zero-order valence-electron chi connectivity index (χ0n) is 8.53. The number of carbonyl (C=O) groups excluding carboxylic acids is 1. The van der Waals surface area contributed by atoms with Crippen LogP contribution >= 0.6 is 0 Å². The molecule has 1 aromatic heterocycles. The molecule has 0 unspecified atom stereocenters. The average Bonchev–Trinajstić information content (AvgIpc) is 2.18. The quantitative estimate of drug-likeness (QED) is 0.687. The fourth-order valence-corrected chi connectivity index (χ4v) is 1.14. The van der Waals surface area contributed by atoms with Gasteiger partial charge in [-0.3, -0.25) is 0 Å². The van der Waals surface area contributed by atoms with E-state index in [0.717, 1.165) is 0 Å². The molecule has 0 N–H and O–H groups in total. The van der Waals surface area contributed by atoms with Gasteiger partial charge in [-0.1, -0.05) is 0 Å². The first-order chi connectivity index (χ1) is 6.70.